The van der Waals surface area contributed by atoms with E-state index in [4.69, 9.17) is 5.84 Å². The number of rotatable bonds is 0. The normalized spacial score (nSPS) is 9.93. The molecule has 15 heavy (non-hydrogen) atoms. The number of nitrogens with one attached hydrogen (secondary N) is 1. The molecule has 3 N–H and O–H groups in total. The smallest absolute Gasteiger partial charge is 0.331 e. The van der Waals surface area contributed by atoms with Crippen LogP contribution in [0.4, 0.5) is 0 Å². The Labute approximate surface area is 77.2 Å². The van der Waals surface area contributed by atoms with Gasteiger partial charge in [0.2, 0.25) is 0 Å². The number of fused-ring (bicyclic) bond motifs is 1. The van der Waals surface area contributed by atoms with Crippen LogP contribution in [-0.2, 0) is 0 Å². The van der Waals surface area contributed by atoms with Crippen LogP contribution < -0.4 is 17.1 Å². The quantitative estimate of drug-likeness (QED) is 0.361. The monoisotopic (exact) mass is 459 g/mol. The number of aromatic nitrogens is 4. The summed E-state index contributed by atoms with van der Waals surface area (Å²) in [5.41, 5.74) is -1.23. The van der Waals surface area contributed by atoms with Crippen molar-refractivity contribution in [3.8, 4) is 0 Å². The third-order valence-corrected chi connectivity index (χ3v) is 1.72. The Balaban J connectivity index is 0.00000112. The average molecular weight is 459 g/mol. The zero-order chi connectivity index (χ0) is 10.3. The molecule has 2 aromatic heterocycles. The van der Waals surface area contributed by atoms with E-state index >= 15 is 0 Å². The Bertz CT molecular complexity index is 617. The van der Waals surface area contributed by atoms with Crippen LogP contribution in [0, 0.1) is 13.1 Å². The van der Waals surface area contributed by atoms with E-state index in [0.717, 1.165) is 0 Å². The number of hydrogen-bond acceptors (Lipinski definition) is 5. The van der Waals surface area contributed by atoms with Crippen molar-refractivity contribution < 1.29 is 0 Å². The number of aromatic amines is 1. The Morgan fingerprint density at radius 1 is 1.47 bits per heavy atom. The van der Waals surface area contributed by atoms with E-state index < -0.39 is 11.2 Å². The third kappa shape index (κ3) is 1.26. The van der Waals surface area contributed by atoms with Crippen LogP contribution in [0.1, 0.15) is 5.82 Å². The molecule has 0 aromatic carbocycles. The molecule has 0 unspecified atom stereocenters. The van der Waals surface area contributed by atoms with Crippen LogP contribution >= 0.6 is 0 Å². The first-order valence-electron chi connectivity index (χ1n) is 3.76. The van der Waals surface area contributed by atoms with E-state index in [1.807, 2.05) is 0 Å². The van der Waals surface area contributed by atoms with Crippen LogP contribution in [0.3, 0.4) is 0 Å². The fraction of sp³-hybridized carbons (Fsp3) is 0.143. The first-order chi connectivity index (χ1) is 6.59. The number of H-pyrrole nitrogens is 1. The molecule has 0 amide bonds. The van der Waals surface area contributed by atoms with Crippen molar-refractivity contribution in [1.82, 2.24) is 19.6 Å². The average Bonchev–Trinajstić information content (AvgIpc) is 2.14. The molecular weight excluding hydrogens is 453 g/mol. The van der Waals surface area contributed by atoms with Gasteiger partial charge in [-0.15, -0.1) is 0 Å². The van der Waals surface area contributed by atoms with Gasteiger partial charge < -0.3 is 25.6 Å². The summed E-state index contributed by atoms with van der Waals surface area (Å²) in [6.07, 6.45) is 2.46. The van der Waals surface area contributed by atoms with Gasteiger partial charge in [0.05, 0.1) is 5.65 Å². The van der Waals surface area contributed by atoms with Gasteiger partial charge in [-0.25, -0.2) is 9.47 Å². The fourth-order valence-corrected chi connectivity index (χ4v) is 1.05. The largest absolute Gasteiger partial charge is 0.340 e. The van der Waals surface area contributed by atoms with E-state index in [9.17, 15) is 9.59 Å². The number of nitrogens with zero attached hydrogens (tertiary/aromatic N) is 3. The fourth-order valence-electron chi connectivity index (χ4n) is 1.05. The van der Waals surface area contributed by atoms with E-state index in [2.05, 4.69) is 21.1 Å². The van der Waals surface area contributed by atoms with Crippen molar-refractivity contribution >= 4 is 11.0 Å². The second-order valence-corrected chi connectivity index (χ2v) is 2.71. The Morgan fingerprint density at radius 3 is 2.80 bits per heavy atom. The minimum atomic E-state index is -0.714. The molecule has 74 valence electrons. The van der Waals surface area contributed by atoms with E-state index in [0.29, 0.717) is 10.5 Å². The van der Waals surface area contributed by atoms with Crippen molar-refractivity contribution in [3.05, 3.63) is 32.9 Å². The maximum Gasteiger partial charge on any atom is 0.331 e. The van der Waals surface area contributed by atoms with Crippen molar-refractivity contribution in [2.75, 3.05) is 5.84 Å². The summed E-state index contributed by atoms with van der Waals surface area (Å²) in [4.78, 5) is 32.4. The summed E-state index contributed by atoms with van der Waals surface area (Å²) in [6, 6.07) is 0. The van der Waals surface area contributed by atoms with E-state index in [-0.39, 0.29) is 11.0 Å². The molecule has 0 atom stereocenters. The molecule has 0 spiro atoms. The second-order valence-electron chi connectivity index (χ2n) is 2.71. The molecule has 0 bridgehead atoms. The van der Waals surface area contributed by atoms with Crippen LogP contribution in [0.15, 0.2) is 9.59 Å². The molecule has 0 aliphatic carbocycles. The number of nitrogens with two attached hydrogens (primary N) is 1. The molecule has 8 heteroatoms. The molecular formula is C7H6N5O2Rf-. The van der Waals surface area contributed by atoms with Gasteiger partial charge in [-0.2, -0.15) is 0 Å². The molecule has 2 heterocycles. The Morgan fingerprint density at radius 2 is 2.13 bits per heavy atom. The summed E-state index contributed by atoms with van der Waals surface area (Å²) in [6.45, 7) is 1.63. The van der Waals surface area contributed by atoms with Crippen LogP contribution in [0.5, 0.6) is 0 Å². The summed E-state index contributed by atoms with van der Waals surface area (Å²) in [7, 11) is 0. The SMILES string of the molecule is Cc1n[c-]c2c(=O)n(N)c(=O)[nH]c2n1.[Rf]. The van der Waals surface area contributed by atoms with Gasteiger partial charge in [-0.05, 0) is 18.5 Å². The zero-order valence-corrected chi connectivity index (χ0v) is 14.3. The first-order valence-corrected chi connectivity index (χ1v) is 3.76. The molecule has 0 fully saturated rings. The van der Waals surface area contributed by atoms with Crippen LogP contribution in [-0.4, -0.2) is 19.6 Å². The van der Waals surface area contributed by atoms with Crippen molar-refractivity contribution in [1.29, 1.82) is 0 Å². The second kappa shape index (κ2) is 2.95. The standard InChI is InChI=1S/C7H6N5O2.Rf/c1-3-9-2-4-5(10-3)11-7(14)12(8)6(4)13;/h8H2,1H3,(H,9,10,11,14);/q-1;. The van der Waals surface area contributed by atoms with E-state index in [1.165, 1.54) is 0 Å². The van der Waals surface area contributed by atoms with Gasteiger partial charge in [0.15, 0.2) is 5.56 Å². The number of hydrogen-bond donors (Lipinski definition) is 2. The first kappa shape index (κ1) is 9.90. The number of nitrogen functional groups attached to an aromatic ring is 1. The maximum atomic E-state index is 11.4. The molecule has 7 nitrogen and oxygen atoms in total. The maximum absolute atomic E-state index is 11.4. The molecule has 0 saturated carbocycles. The minimum absolute atomic E-state index is 0. The van der Waals surface area contributed by atoms with Crippen LogP contribution in [0.25, 0.3) is 11.0 Å². The van der Waals surface area contributed by atoms with Gasteiger partial charge >= 0.3 is 5.69 Å². The Hall–Kier alpha value is -3.18. The molecule has 0 aliphatic heterocycles. The number of aryl methyl sites for hydroxylation is 1. The van der Waals surface area contributed by atoms with Gasteiger partial charge in [0.1, 0.15) is 0 Å². The van der Waals surface area contributed by atoms with Gasteiger partial charge in [-0.1, -0.05) is 0 Å². The third-order valence-electron chi connectivity index (χ3n) is 1.72. The molecule has 2 aromatic rings. The van der Waals surface area contributed by atoms with Gasteiger partial charge in [0.25, 0.3) is 0 Å². The molecule has 0 aliphatic rings. The topological polar surface area (TPSA) is 107 Å². The van der Waals surface area contributed by atoms with Gasteiger partial charge in [-0.3, -0.25) is 0 Å². The van der Waals surface area contributed by atoms with Crippen LogP contribution in [0.2, 0.25) is 0 Å². The zero-order valence-electron chi connectivity index (χ0n) is 7.94. The van der Waals surface area contributed by atoms with E-state index in [1.54, 1.807) is 6.92 Å². The van der Waals surface area contributed by atoms with Gasteiger partial charge in [0, 0.05) is 5.82 Å². The molecule has 2 rings (SSSR count). The van der Waals surface area contributed by atoms with Crippen molar-refractivity contribution in [2.45, 2.75) is 6.92 Å². The summed E-state index contributed by atoms with van der Waals surface area (Å²) < 4.78 is 0.456. The predicted molar refractivity (Wildman–Crippen MR) is 48.1 cm³/mol. The summed E-state index contributed by atoms with van der Waals surface area (Å²) in [5.74, 6) is 5.59. The van der Waals surface area contributed by atoms with Crippen molar-refractivity contribution in [2.24, 2.45) is 0 Å². The van der Waals surface area contributed by atoms with Crippen molar-refractivity contribution in [3.63, 3.8) is 0 Å². The molecule has 0 radical (unpaired) electrons. The Kier molecular flexibility index (Phi) is 1.95. The predicted octanol–water partition coefficient (Wildman–Crippen LogP) is -1.70. The summed E-state index contributed by atoms with van der Waals surface area (Å²) >= 11 is 0. The summed E-state index contributed by atoms with van der Waals surface area (Å²) in [5, 5.41) is 0.0673. The molecule has 0 saturated heterocycles. The minimum Gasteiger partial charge on any atom is -0.340 e.